The van der Waals surface area contributed by atoms with Crippen molar-refractivity contribution in [1.29, 1.82) is 0 Å². The number of benzene rings is 1. The van der Waals surface area contributed by atoms with Gasteiger partial charge in [0.1, 0.15) is 0 Å². The molecular formula is C19H26N2O2. The Balaban J connectivity index is 2.09. The number of nitrogens with one attached hydrogen (secondary N) is 1. The molecule has 1 aromatic rings. The molecule has 23 heavy (non-hydrogen) atoms. The van der Waals surface area contributed by atoms with Gasteiger partial charge >= 0.3 is 0 Å². The summed E-state index contributed by atoms with van der Waals surface area (Å²) >= 11 is 0. The molecular weight excluding hydrogens is 288 g/mol. The largest absolute Gasteiger partial charge is 0.326 e. The number of carbonyl (C=O) groups excluding carboxylic acids is 2. The Morgan fingerprint density at radius 2 is 1.78 bits per heavy atom. The van der Waals surface area contributed by atoms with E-state index in [1.165, 1.54) is 11.8 Å². The summed E-state index contributed by atoms with van der Waals surface area (Å²) in [5.41, 5.74) is 2.14. The van der Waals surface area contributed by atoms with Crippen molar-refractivity contribution in [3.63, 3.8) is 0 Å². The van der Waals surface area contributed by atoms with E-state index in [0.29, 0.717) is 6.42 Å². The van der Waals surface area contributed by atoms with E-state index < -0.39 is 5.91 Å². The number of carbonyl (C=O) groups is 2. The number of aryl methyl sites for hydroxylation is 1. The van der Waals surface area contributed by atoms with E-state index in [1.54, 1.807) is 13.1 Å². The van der Waals surface area contributed by atoms with Gasteiger partial charge in [0.2, 0.25) is 5.78 Å². The first-order valence-electron chi connectivity index (χ1n) is 8.11. The molecule has 0 aliphatic rings. The van der Waals surface area contributed by atoms with E-state index in [0.717, 1.165) is 37.8 Å². The van der Waals surface area contributed by atoms with Crippen molar-refractivity contribution in [3.8, 4) is 0 Å². The normalized spacial score (nSPS) is 11.7. The Kier molecular flexibility index (Phi) is 9.29. The van der Waals surface area contributed by atoms with Crippen LogP contribution >= 0.6 is 0 Å². The van der Waals surface area contributed by atoms with Crippen LogP contribution in [0.15, 0.2) is 47.6 Å². The van der Waals surface area contributed by atoms with Gasteiger partial charge in [0.15, 0.2) is 0 Å². The number of hydrogen-bond acceptors (Lipinski definition) is 3. The van der Waals surface area contributed by atoms with Crippen LogP contribution in [0.5, 0.6) is 0 Å². The van der Waals surface area contributed by atoms with Crippen molar-refractivity contribution in [1.82, 2.24) is 5.32 Å². The predicted molar refractivity (Wildman–Crippen MR) is 94.6 cm³/mol. The number of Topliss-reactive ketones (excluding diaryl/α,β-unsaturated/α-hetero) is 1. The summed E-state index contributed by atoms with van der Waals surface area (Å²) in [5, 5.41) is 2.47. The molecule has 0 aliphatic carbocycles. The highest BCUT2D eigenvalue weighted by molar-refractivity contribution is 6.36. The fourth-order valence-electron chi connectivity index (χ4n) is 2.12. The molecule has 0 spiro atoms. The van der Waals surface area contributed by atoms with Crippen LogP contribution < -0.4 is 5.32 Å². The molecule has 1 N–H and O–H groups in total. The summed E-state index contributed by atoms with van der Waals surface area (Å²) in [6.07, 6.45) is 8.43. The van der Waals surface area contributed by atoms with Crippen LogP contribution in [0.1, 0.15) is 44.6 Å². The first-order chi connectivity index (χ1) is 11.1. The molecule has 4 heteroatoms. The molecule has 0 saturated carbocycles. The van der Waals surface area contributed by atoms with Gasteiger partial charge in [-0.3, -0.25) is 14.6 Å². The summed E-state index contributed by atoms with van der Waals surface area (Å²) in [5.74, 6) is -0.904. The van der Waals surface area contributed by atoms with Gasteiger partial charge in [-0.25, -0.2) is 0 Å². The molecule has 0 radical (unpaired) electrons. The van der Waals surface area contributed by atoms with Gasteiger partial charge in [0.05, 0.1) is 0 Å². The second kappa shape index (κ2) is 11.4. The summed E-state index contributed by atoms with van der Waals surface area (Å²) in [6.45, 7) is 1.82. The summed E-state index contributed by atoms with van der Waals surface area (Å²) in [6, 6.07) is 10.4. The minimum atomic E-state index is -0.547. The van der Waals surface area contributed by atoms with Crippen LogP contribution in [0.4, 0.5) is 0 Å². The van der Waals surface area contributed by atoms with E-state index in [-0.39, 0.29) is 5.78 Å². The fourth-order valence-corrected chi connectivity index (χ4v) is 2.12. The molecule has 124 valence electrons. The maximum Gasteiger partial charge on any atom is 0.291 e. The van der Waals surface area contributed by atoms with Gasteiger partial charge in [0.25, 0.3) is 5.91 Å². The van der Waals surface area contributed by atoms with Crippen LogP contribution in [0, 0.1) is 0 Å². The highest BCUT2D eigenvalue weighted by Crippen LogP contribution is 2.09. The molecule has 0 aliphatic heterocycles. The Morgan fingerprint density at radius 3 is 2.48 bits per heavy atom. The van der Waals surface area contributed by atoms with Crippen molar-refractivity contribution in [3.05, 3.63) is 48.2 Å². The van der Waals surface area contributed by atoms with Crippen LogP contribution in [-0.4, -0.2) is 24.4 Å². The third kappa shape index (κ3) is 8.71. The zero-order valence-electron chi connectivity index (χ0n) is 14.0. The summed E-state index contributed by atoms with van der Waals surface area (Å²) in [7, 11) is 1.67. The zero-order valence-corrected chi connectivity index (χ0v) is 14.0. The van der Waals surface area contributed by atoms with Gasteiger partial charge < -0.3 is 5.32 Å². The van der Waals surface area contributed by atoms with Crippen LogP contribution in [0.3, 0.4) is 0 Å². The van der Waals surface area contributed by atoms with E-state index >= 15 is 0 Å². The number of hydrogen-bond donors (Lipinski definition) is 1. The van der Waals surface area contributed by atoms with E-state index in [4.69, 9.17) is 0 Å². The molecule has 0 heterocycles. The lowest BCUT2D eigenvalue weighted by Gasteiger charge is -2.02. The van der Waals surface area contributed by atoms with Crippen molar-refractivity contribution >= 4 is 17.4 Å². The fraction of sp³-hybridized carbons (Fsp3) is 0.421. The predicted octanol–water partition coefficient (Wildman–Crippen LogP) is 3.47. The third-order valence-corrected chi connectivity index (χ3v) is 3.61. The minimum absolute atomic E-state index is 0.311. The molecule has 1 amide bonds. The Morgan fingerprint density at radius 1 is 1.09 bits per heavy atom. The van der Waals surface area contributed by atoms with Crippen molar-refractivity contribution in [2.24, 2.45) is 4.99 Å². The lowest BCUT2D eigenvalue weighted by Crippen LogP contribution is -2.26. The summed E-state index contributed by atoms with van der Waals surface area (Å²) in [4.78, 5) is 27.2. The van der Waals surface area contributed by atoms with Crippen LogP contribution in [-0.2, 0) is 16.0 Å². The number of aliphatic imine (C=N–C) groups is 1. The first-order valence-corrected chi connectivity index (χ1v) is 8.11. The SMILES string of the molecule is CN=C(C)/C=C/NC(=O)C(=O)CCCCCCc1ccccc1. The van der Waals surface area contributed by atoms with Gasteiger partial charge in [-0.15, -0.1) is 0 Å². The molecule has 1 rings (SSSR count). The van der Waals surface area contributed by atoms with Crippen molar-refractivity contribution < 1.29 is 9.59 Å². The van der Waals surface area contributed by atoms with E-state index in [9.17, 15) is 9.59 Å². The van der Waals surface area contributed by atoms with Gasteiger partial charge in [-0.05, 0) is 37.8 Å². The van der Waals surface area contributed by atoms with Gasteiger partial charge in [-0.2, -0.15) is 0 Å². The molecule has 0 atom stereocenters. The Labute approximate surface area is 138 Å². The standard InChI is InChI=1S/C19H26N2O2/c1-16(20-2)14-15-21-19(23)18(22)13-9-4-3-6-10-17-11-7-5-8-12-17/h5,7-8,11-12,14-15H,3-4,6,9-10,13H2,1-2H3,(H,21,23)/b15-14+,20-16?. The summed E-state index contributed by atoms with van der Waals surface area (Å²) < 4.78 is 0. The van der Waals surface area contributed by atoms with Crippen molar-refractivity contribution in [2.75, 3.05) is 7.05 Å². The first kappa shape index (κ1) is 18.8. The zero-order chi connectivity index (χ0) is 16.9. The molecule has 0 saturated heterocycles. The highest BCUT2D eigenvalue weighted by Gasteiger charge is 2.10. The van der Waals surface area contributed by atoms with Crippen LogP contribution in [0.2, 0.25) is 0 Å². The quantitative estimate of drug-likeness (QED) is 0.408. The van der Waals surface area contributed by atoms with Crippen molar-refractivity contribution in [2.45, 2.75) is 45.4 Å². The average Bonchev–Trinajstić information content (AvgIpc) is 2.58. The number of rotatable bonds is 10. The number of allylic oxidation sites excluding steroid dienone is 1. The number of amides is 1. The van der Waals surface area contributed by atoms with Crippen LogP contribution in [0.25, 0.3) is 0 Å². The smallest absolute Gasteiger partial charge is 0.291 e. The van der Waals surface area contributed by atoms with Gasteiger partial charge in [-0.1, -0.05) is 43.2 Å². The third-order valence-electron chi connectivity index (χ3n) is 3.61. The number of unbranched alkanes of at least 4 members (excludes halogenated alkanes) is 3. The molecule has 0 aromatic heterocycles. The Bertz CT molecular complexity index is 548. The molecule has 0 unspecified atom stereocenters. The maximum absolute atomic E-state index is 11.7. The van der Waals surface area contributed by atoms with E-state index in [2.05, 4.69) is 34.6 Å². The molecule has 0 fully saturated rings. The number of ketones is 1. The number of nitrogens with zero attached hydrogens (tertiary/aromatic N) is 1. The monoisotopic (exact) mass is 314 g/mol. The second-order valence-corrected chi connectivity index (χ2v) is 5.49. The lowest BCUT2D eigenvalue weighted by atomic mass is 10.0. The minimum Gasteiger partial charge on any atom is -0.326 e. The maximum atomic E-state index is 11.7. The Hall–Kier alpha value is -2.23. The average molecular weight is 314 g/mol. The topological polar surface area (TPSA) is 58.5 Å². The van der Waals surface area contributed by atoms with Gasteiger partial charge in [0, 0.05) is 25.4 Å². The highest BCUT2D eigenvalue weighted by atomic mass is 16.2. The molecule has 0 bridgehead atoms. The second-order valence-electron chi connectivity index (χ2n) is 5.49. The lowest BCUT2D eigenvalue weighted by molar-refractivity contribution is -0.137. The molecule has 4 nitrogen and oxygen atoms in total. The molecule has 1 aromatic carbocycles. The van der Waals surface area contributed by atoms with E-state index in [1.807, 2.05) is 13.0 Å².